The molecule has 144 valence electrons. The second-order valence-electron chi connectivity index (χ2n) is 7.35. The van der Waals surface area contributed by atoms with E-state index in [-0.39, 0.29) is 6.04 Å². The smallest absolute Gasteiger partial charge is 0.125 e. The van der Waals surface area contributed by atoms with Crippen LogP contribution in [0.15, 0.2) is 48.5 Å². The first kappa shape index (κ1) is 18.3. The van der Waals surface area contributed by atoms with Crippen molar-refractivity contribution < 1.29 is 14.6 Å². The largest absolute Gasteiger partial charge is 0.496 e. The molecule has 27 heavy (non-hydrogen) atoms. The van der Waals surface area contributed by atoms with E-state index in [1.165, 1.54) is 5.56 Å². The van der Waals surface area contributed by atoms with Gasteiger partial charge in [-0.2, -0.15) is 0 Å². The number of aliphatic hydroxyl groups is 1. The van der Waals surface area contributed by atoms with E-state index >= 15 is 0 Å². The quantitative estimate of drug-likeness (QED) is 0.899. The lowest BCUT2D eigenvalue weighted by atomic mass is 9.97. The van der Waals surface area contributed by atoms with Gasteiger partial charge < -0.3 is 14.6 Å². The zero-order chi connectivity index (χ0) is 18.8. The van der Waals surface area contributed by atoms with Gasteiger partial charge in [0.25, 0.3) is 0 Å². The number of methoxy groups -OCH3 is 1. The first-order valence-electron chi connectivity index (χ1n) is 9.70. The predicted octanol–water partition coefficient (Wildman–Crippen LogP) is 2.87. The number of fused-ring (bicyclic) bond motifs is 1. The van der Waals surface area contributed by atoms with Crippen LogP contribution >= 0.6 is 0 Å². The van der Waals surface area contributed by atoms with Gasteiger partial charge in [0.15, 0.2) is 0 Å². The van der Waals surface area contributed by atoms with Crippen molar-refractivity contribution in [3.63, 3.8) is 0 Å². The number of rotatable bonds is 4. The van der Waals surface area contributed by atoms with Crippen LogP contribution in [0, 0.1) is 0 Å². The van der Waals surface area contributed by atoms with Crippen LogP contribution < -0.4 is 9.47 Å². The number of para-hydroxylation sites is 2. The average molecular weight is 368 g/mol. The van der Waals surface area contributed by atoms with E-state index in [2.05, 4.69) is 28.9 Å². The molecule has 4 rings (SSSR count). The lowest BCUT2D eigenvalue weighted by Gasteiger charge is -2.44. The third-order valence-electron chi connectivity index (χ3n) is 5.97. The van der Waals surface area contributed by atoms with Gasteiger partial charge in [0.2, 0.25) is 0 Å². The van der Waals surface area contributed by atoms with Crippen LogP contribution in [0.5, 0.6) is 11.5 Å². The molecule has 5 heteroatoms. The maximum atomic E-state index is 10.8. The topological polar surface area (TPSA) is 45.2 Å². The maximum absolute atomic E-state index is 10.8. The van der Waals surface area contributed by atoms with E-state index < -0.39 is 6.10 Å². The van der Waals surface area contributed by atoms with Crippen LogP contribution in [-0.4, -0.2) is 60.8 Å². The van der Waals surface area contributed by atoms with Crippen molar-refractivity contribution in [2.45, 2.75) is 25.1 Å². The van der Waals surface area contributed by atoms with Crippen molar-refractivity contribution in [3.05, 3.63) is 59.7 Å². The maximum Gasteiger partial charge on any atom is 0.125 e. The number of hydrogen-bond donors (Lipinski definition) is 1. The van der Waals surface area contributed by atoms with Gasteiger partial charge in [-0.1, -0.05) is 36.4 Å². The second kappa shape index (κ2) is 7.89. The highest BCUT2D eigenvalue weighted by Crippen LogP contribution is 2.35. The Balaban J connectivity index is 1.41. The molecule has 2 aromatic carbocycles. The molecule has 2 aliphatic rings. The molecular formula is C22H28N2O3. The van der Waals surface area contributed by atoms with Crippen LogP contribution in [0.2, 0.25) is 0 Å². The lowest BCUT2D eigenvalue weighted by molar-refractivity contribution is -0.0224. The third kappa shape index (κ3) is 3.55. The number of hydrogen-bond acceptors (Lipinski definition) is 5. The molecule has 0 aliphatic carbocycles. The van der Waals surface area contributed by atoms with E-state index in [1.54, 1.807) is 7.11 Å². The normalized spacial score (nSPS) is 24.7. The molecule has 0 aromatic heterocycles. The Bertz CT molecular complexity index is 774. The first-order valence-corrected chi connectivity index (χ1v) is 9.70. The highest BCUT2D eigenvalue weighted by atomic mass is 16.5. The zero-order valence-corrected chi connectivity index (χ0v) is 16.0. The highest BCUT2D eigenvalue weighted by molar-refractivity contribution is 5.38. The molecule has 2 heterocycles. The van der Waals surface area contributed by atoms with Crippen LogP contribution in [0.25, 0.3) is 0 Å². The van der Waals surface area contributed by atoms with Crippen molar-refractivity contribution >= 4 is 0 Å². The minimum atomic E-state index is -0.492. The molecule has 0 bridgehead atoms. The number of ether oxygens (including phenoxy) is 2. The number of aliphatic hydroxyl groups excluding tert-OH is 1. The predicted molar refractivity (Wildman–Crippen MR) is 105 cm³/mol. The summed E-state index contributed by atoms with van der Waals surface area (Å²) in [7, 11) is 1.73. The van der Waals surface area contributed by atoms with Crippen molar-refractivity contribution in [1.82, 2.24) is 9.80 Å². The molecule has 0 saturated carbocycles. The standard InChI is InChI=1S/C22H28N2O3/c1-16(17-7-3-5-9-20(17)26-2)23-11-13-24(14-12-23)19-15-27-21-10-6-4-8-18(21)22(19)25/h3-10,16,19,22,25H,11-15H2,1-2H3/t16-,19-,22+/m1/s1. The molecule has 1 saturated heterocycles. The average Bonchev–Trinajstić information content (AvgIpc) is 2.74. The molecule has 0 radical (unpaired) electrons. The van der Waals surface area contributed by atoms with E-state index in [0.29, 0.717) is 12.6 Å². The SMILES string of the molecule is COc1ccccc1[C@@H](C)N1CCN([C@@H]2COc3ccccc3[C@@H]2O)CC1. The molecule has 0 amide bonds. The molecular weight excluding hydrogens is 340 g/mol. The van der Waals surface area contributed by atoms with Gasteiger partial charge in [-0.05, 0) is 19.1 Å². The Morgan fingerprint density at radius 1 is 1.04 bits per heavy atom. The van der Waals surface area contributed by atoms with Crippen LogP contribution in [-0.2, 0) is 0 Å². The van der Waals surface area contributed by atoms with Crippen molar-refractivity contribution in [1.29, 1.82) is 0 Å². The Labute approximate surface area is 161 Å². The van der Waals surface area contributed by atoms with Gasteiger partial charge in [0, 0.05) is 43.3 Å². The summed E-state index contributed by atoms with van der Waals surface area (Å²) >= 11 is 0. The van der Waals surface area contributed by atoms with E-state index in [9.17, 15) is 5.11 Å². The molecule has 2 aromatic rings. The summed E-state index contributed by atoms with van der Waals surface area (Å²) < 4.78 is 11.4. The summed E-state index contributed by atoms with van der Waals surface area (Å²) in [6.07, 6.45) is -0.492. The van der Waals surface area contributed by atoms with Gasteiger partial charge in [0.05, 0.1) is 13.2 Å². The number of piperazine rings is 1. The Morgan fingerprint density at radius 3 is 2.52 bits per heavy atom. The molecule has 0 unspecified atom stereocenters. The fourth-order valence-electron chi connectivity index (χ4n) is 4.30. The molecule has 3 atom stereocenters. The van der Waals surface area contributed by atoms with Gasteiger partial charge in [-0.15, -0.1) is 0 Å². The zero-order valence-electron chi connectivity index (χ0n) is 16.0. The third-order valence-corrected chi connectivity index (χ3v) is 5.97. The van der Waals surface area contributed by atoms with Crippen LogP contribution in [0.1, 0.15) is 30.2 Å². The van der Waals surface area contributed by atoms with Gasteiger partial charge in [0.1, 0.15) is 24.2 Å². The minimum absolute atomic E-state index is 0.0172. The molecule has 1 fully saturated rings. The number of benzene rings is 2. The van der Waals surface area contributed by atoms with Crippen LogP contribution in [0.4, 0.5) is 0 Å². The number of nitrogens with zero attached hydrogens (tertiary/aromatic N) is 2. The summed E-state index contributed by atoms with van der Waals surface area (Å²) in [5, 5.41) is 10.8. The summed E-state index contributed by atoms with van der Waals surface area (Å²) in [5.41, 5.74) is 2.13. The monoisotopic (exact) mass is 368 g/mol. The Kier molecular flexibility index (Phi) is 5.34. The fourth-order valence-corrected chi connectivity index (χ4v) is 4.30. The first-order chi connectivity index (χ1) is 13.2. The minimum Gasteiger partial charge on any atom is -0.496 e. The lowest BCUT2D eigenvalue weighted by Crippen LogP contribution is -2.54. The molecule has 5 nitrogen and oxygen atoms in total. The van der Waals surface area contributed by atoms with Crippen LogP contribution in [0.3, 0.4) is 0 Å². The van der Waals surface area contributed by atoms with Gasteiger partial charge in [-0.25, -0.2) is 0 Å². The molecule has 2 aliphatic heterocycles. The summed E-state index contributed by atoms with van der Waals surface area (Å²) in [5.74, 6) is 1.75. The Morgan fingerprint density at radius 2 is 1.74 bits per heavy atom. The summed E-state index contributed by atoms with van der Waals surface area (Å²) in [6, 6.07) is 16.4. The van der Waals surface area contributed by atoms with E-state index in [0.717, 1.165) is 43.2 Å². The molecule has 0 spiro atoms. The second-order valence-corrected chi connectivity index (χ2v) is 7.35. The highest BCUT2D eigenvalue weighted by Gasteiger charge is 2.35. The van der Waals surface area contributed by atoms with Crippen molar-refractivity contribution in [2.24, 2.45) is 0 Å². The van der Waals surface area contributed by atoms with Gasteiger partial charge in [-0.3, -0.25) is 9.80 Å². The molecule has 1 N–H and O–H groups in total. The van der Waals surface area contributed by atoms with E-state index in [4.69, 9.17) is 9.47 Å². The fraction of sp³-hybridized carbons (Fsp3) is 0.455. The Hall–Kier alpha value is -2.08. The van der Waals surface area contributed by atoms with E-state index in [1.807, 2.05) is 36.4 Å². The van der Waals surface area contributed by atoms with Gasteiger partial charge >= 0.3 is 0 Å². The van der Waals surface area contributed by atoms with Crippen molar-refractivity contribution in [2.75, 3.05) is 39.9 Å². The summed E-state index contributed by atoms with van der Waals surface area (Å²) in [4.78, 5) is 4.85. The summed E-state index contributed by atoms with van der Waals surface area (Å²) in [6.45, 7) is 6.55. The van der Waals surface area contributed by atoms with Crippen molar-refractivity contribution in [3.8, 4) is 11.5 Å².